The number of rotatable bonds is 4. The van der Waals surface area contributed by atoms with Gasteiger partial charge in [0, 0.05) is 31.9 Å². The monoisotopic (exact) mass is 336 g/mol. The van der Waals surface area contributed by atoms with E-state index in [1.165, 1.54) is 0 Å². The van der Waals surface area contributed by atoms with Gasteiger partial charge in [-0.3, -0.25) is 14.5 Å². The fourth-order valence-corrected chi connectivity index (χ4v) is 2.40. The fraction of sp³-hybridized carbons (Fsp3) is 0.357. The second-order valence-electron chi connectivity index (χ2n) is 4.64. The Bertz CT molecular complexity index is 636. The predicted molar refractivity (Wildman–Crippen MR) is 80.7 cm³/mol. The molecule has 1 amide bonds. The minimum Gasteiger partial charge on any atom is -0.350 e. The molecule has 106 valence electrons. The summed E-state index contributed by atoms with van der Waals surface area (Å²) >= 11 is 3.39. The highest BCUT2D eigenvalue weighted by atomic mass is 79.9. The summed E-state index contributed by atoms with van der Waals surface area (Å²) in [7, 11) is 1.81. The van der Waals surface area contributed by atoms with Crippen LogP contribution in [0, 0.1) is 13.8 Å². The molecule has 0 aliphatic rings. The van der Waals surface area contributed by atoms with Crippen LogP contribution in [0.5, 0.6) is 0 Å². The molecule has 0 saturated carbocycles. The van der Waals surface area contributed by atoms with Gasteiger partial charge in [-0.1, -0.05) is 6.07 Å². The molecule has 0 fully saturated rings. The third-order valence-corrected chi connectivity index (χ3v) is 4.19. The van der Waals surface area contributed by atoms with Crippen molar-refractivity contribution < 1.29 is 4.79 Å². The lowest BCUT2D eigenvalue weighted by molar-refractivity contribution is 0.0947. The van der Waals surface area contributed by atoms with Crippen LogP contribution in [-0.2, 0) is 13.5 Å². The molecule has 0 unspecified atom stereocenters. The second-order valence-corrected chi connectivity index (χ2v) is 5.44. The zero-order valence-corrected chi connectivity index (χ0v) is 13.4. The number of carbonyl (C=O) groups excluding carboxylic acids is 1. The number of hydrogen-bond acceptors (Lipinski definition) is 3. The largest absolute Gasteiger partial charge is 0.350 e. The van der Waals surface area contributed by atoms with Crippen LogP contribution in [0.4, 0.5) is 0 Å². The smallest absolute Gasteiger partial charge is 0.272 e. The molecular formula is C14H17BrN4O. The van der Waals surface area contributed by atoms with Gasteiger partial charge in [0.05, 0.1) is 10.2 Å². The summed E-state index contributed by atoms with van der Waals surface area (Å²) in [5, 5.41) is 7.07. The molecule has 0 spiro atoms. The van der Waals surface area contributed by atoms with Gasteiger partial charge in [0.15, 0.2) is 5.69 Å². The maximum absolute atomic E-state index is 12.1. The van der Waals surface area contributed by atoms with E-state index in [4.69, 9.17) is 0 Å². The highest BCUT2D eigenvalue weighted by Gasteiger charge is 2.17. The first-order chi connectivity index (χ1) is 9.50. The Balaban J connectivity index is 1.96. The average Bonchev–Trinajstić information content (AvgIpc) is 2.68. The molecule has 20 heavy (non-hydrogen) atoms. The summed E-state index contributed by atoms with van der Waals surface area (Å²) in [4.78, 5) is 16.4. The van der Waals surface area contributed by atoms with Gasteiger partial charge in [0.2, 0.25) is 0 Å². The van der Waals surface area contributed by atoms with E-state index in [1.54, 1.807) is 10.9 Å². The zero-order valence-electron chi connectivity index (χ0n) is 11.8. The van der Waals surface area contributed by atoms with Crippen LogP contribution in [0.25, 0.3) is 0 Å². The molecule has 2 aromatic heterocycles. The van der Waals surface area contributed by atoms with Crippen molar-refractivity contribution in [1.82, 2.24) is 20.1 Å². The quantitative estimate of drug-likeness (QED) is 0.930. The summed E-state index contributed by atoms with van der Waals surface area (Å²) in [5.41, 5.74) is 3.49. The van der Waals surface area contributed by atoms with Crippen molar-refractivity contribution in [3.8, 4) is 0 Å². The van der Waals surface area contributed by atoms with E-state index in [2.05, 4.69) is 31.3 Å². The van der Waals surface area contributed by atoms with E-state index in [0.717, 1.165) is 21.4 Å². The number of hydrogen-bond donors (Lipinski definition) is 1. The standard InChI is InChI=1S/C14H17BrN4O/c1-9-5-4-7-16-11(9)6-8-17-14(20)13-12(15)10(2)19(3)18-13/h4-5,7H,6,8H2,1-3H3,(H,17,20). The molecule has 0 aliphatic carbocycles. The molecule has 0 aliphatic heterocycles. The maximum atomic E-state index is 12.1. The van der Waals surface area contributed by atoms with Crippen molar-refractivity contribution >= 4 is 21.8 Å². The van der Waals surface area contributed by atoms with Gasteiger partial charge in [-0.15, -0.1) is 0 Å². The number of aryl methyl sites for hydroxylation is 2. The minimum atomic E-state index is -0.172. The molecule has 0 radical (unpaired) electrons. The summed E-state index contributed by atoms with van der Waals surface area (Å²) < 4.78 is 2.42. The number of halogens is 1. The highest BCUT2D eigenvalue weighted by molar-refractivity contribution is 9.10. The minimum absolute atomic E-state index is 0.172. The van der Waals surface area contributed by atoms with Crippen LogP contribution >= 0.6 is 15.9 Å². The topological polar surface area (TPSA) is 59.8 Å². The van der Waals surface area contributed by atoms with Crippen molar-refractivity contribution in [3.63, 3.8) is 0 Å². The maximum Gasteiger partial charge on any atom is 0.272 e. The summed E-state index contributed by atoms with van der Waals surface area (Å²) in [5.74, 6) is -0.172. The molecular weight excluding hydrogens is 320 g/mol. The van der Waals surface area contributed by atoms with Crippen LogP contribution in [0.1, 0.15) is 27.4 Å². The zero-order chi connectivity index (χ0) is 14.7. The lowest BCUT2D eigenvalue weighted by atomic mass is 10.1. The Labute approximate surface area is 126 Å². The van der Waals surface area contributed by atoms with E-state index in [-0.39, 0.29) is 5.91 Å². The molecule has 5 nitrogen and oxygen atoms in total. The normalized spacial score (nSPS) is 10.6. The van der Waals surface area contributed by atoms with Crippen LogP contribution in [0.3, 0.4) is 0 Å². The Morgan fingerprint density at radius 1 is 1.45 bits per heavy atom. The molecule has 0 aromatic carbocycles. The summed E-state index contributed by atoms with van der Waals surface area (Å²) in [6.07, 6.45) is 2.48. The van der Waals surface area contributed by atoms with Crippen LogP contribution in [-0.4, -0.2) is 27.2 Å². The van der Waals surface area contributed by atoms with Crippen molar-refractivity contribution in [2.45, 2.75) is 20.3 Å². The van der Waals surface area contributed by atoms with E-state index >= 15 is 0 Å². The lowest BCUT2D eigenvalue weighted by Crippen LogP contribution is -2.26. The van der Waals surface area contributed by atoms with E-state index < -0.39 is 0 Å². The second kappa shape index (κ2) is 6.17. The van der Waals surface area contributed by atoms with Crippen LogP contribution in [0.15, 0.2) is 22.8 Å². The number of aromatic nitrogens is 3. The number of pyridine rings is 1. The van der Waals surface area contributed by atoms with Gasteiger partial charge in [-0.05, 0) is 41.4 Å². The van der Waals surface area contributed by atoms with Gasteiger partial charge in [-0.2, -0.15) is 5.10 Å². The highest BCUT2D eigenvalue weighted by Crippen LogP contribution is 2.19. The first-order valence-corrected chi connectivity index (χ1v) is 7.17. The summed E-state index contributed by atoms with van der Waals surface area (Å²) in [6.45, 7) is 4.46. The van der Waals surface area contributed by atoms with Crippen molar-refractivity contribution in [1.29, 1.82) is 0 Å². The van der Waals surface area contributed by atoms with E-state index in [0.29, 0.717) is 18.7 Å². The van der Waals surface area contributed by atoms with E-state index in [1.807, 2.05) is 33.0 Å². The van der Waals surface area contributed by atoms with E-state index in [9.17, 15) is 4.79 Å². The molecule has 0 saturated heterocycles. The Hall–Kier alpha value is -1.69. The number of amides is 1. The van der Waals surface area contributed by atoms with Gasteiger partial charge >= 0.3 is 0 Å². The van der Waals surface area contributed by atoms with Crippen LogP contribution in [0.2, 0.25) is 0 Å². The van der Waals surface area contributed by atoms with Gasteiger partial charge < -0.3 is 5.32 Å². The number of nitrogens with one attached hydrogen (secondary N) is 1. The molecule has 0 atom stereocenters. The molecule has 2 heterocycles. The SMILES string of the molecule is Cc1cccnc1CCNC(=O)c1nn(C)c(C)c1Br. The van der Waals surface area contributed by atoms with Crippen molar-refractivity contribution in [3.05, 3.63) is 45.4 Å². The predicted octanol–water partition coefficient (Wildman–Crippen LogP) is 2.17. The van der Waals surface area contributed by atoms with Gasteiger partial charge in [0.25, 0.3) is 5.91 Å². The third-order valence-electron chi connectivity index (χ3n) is 3.24. The van der Waals surface area contributed by atoms with Crippen molar-refractivity contribution in [2.24, 2.45) is 7.05 Å². The molecule has 6 heteroatoms. The van der Waals surface area contributed by atoms with Crippen molar-refractivity contribution in [2.75, 3.05) is 6.54 Å². The molecule has 2 aromatic rings. The first-order valence-electron chi connectivity index (χ1n) is 6.38. The fourth-order valence-electron chi connectivity index (χ4n) is 1.89. The van der Waals surface area contributed by atoms with Gasteiger partial charge in [0.1, 0.15) is 0 Å². The van der Waals surface area contributed by atoms with Gasteiger partial charge in [-0.25, -0.2) is 0 Å². The lowest BCUT2D eigenvalue weighted by Gasteiger charge is -2.05. The Morgan fingerprint density at radius 2 is 2.20 bits per heavy atom. The molecule has 1 N–H and O–H groups in total. The molecule has 2 rings (SSSR count). The van der Waals surface area contributed by atoms with Crippen LogP contribution < -0.4 is 5.32 Å². The Kier molecular flexibility index (Phi) is 4.54. The summed E-state index contributed by atoms with van der Waals surface area (Å²) in [6, 6.07) is 3.92. The Morgan fingerprint density at radius 3 is 2.80 bits per heavy atom. The number of carbonyl (C=O) groups is 1. The average molecular weight is 337 g/mol. The molecule has 0 bridgehead atoms. The first kappa shape index (κ1) is 14.7. The number of nitrogens with zero attached hydrogens (tertiary/aromatic N) is 3. The third kappa shape index (κ3) is 3.07.